The number of nitrogens with one attached hydrogen (secondary N) is 1. The largest absolute Gasteiger partial charge is 0.497 e. The average Bonchev–Trinajstić information content (AvgIpc) is 2.80. The number of aryl methyl sites for hydroxylation is 1. The van der Waals surface area contributed by atoms with Gasteiger partial charge in [-0.3, -0.25) is 0 Å². The van der Waals surface area contributed by atoms with Crippen LogP contribution in [0.15, 0.2) is 29.1 Å². The number of hydrogen-bond donors (Lipinski definition) is 1. The fourth-order valence-electron chi connectivity index (χ4n) is 1.47. The van der Waals surface area contributed by atoms with Crippen molar-refractivity contribution in [1.29, 1.82) is 0 Å². The number of rotatable bonds is 4. The lowest BCUT2D eigenvalue weighted by Crippen LogP contribution is -2.01. The first kappa shape index (κ1) is 11.0. The molecular formula is C12H14N2OS. The minimum atomic E-state index is 0.761. The molecule has 3 nitrogen and oxygen atoms in total. The number of aromatic nitrogens is 1. The van der Waals surface area contributed by atoms with E-state index in [4.69, 9.17) is 4.74 Å². The zero-order valence-electron chi connectivity index (χ0n) is 9.36. The van der Waals surface area contributed by atoms with Crippen LogP contribution in [-0.4, -0.2) is 12.1 Å². The molecule has 0 fully saturated rings. The summed E-state index contributed by atoms with van der Waals surface area (Å²) in [6, 6.07) is 6.00. The van der Waals surface area contributed by atoms with Crippen LogP contribution in [0, 0.1) is 6.92 Å². The molecule has 0 aliphatic heterocycles. The Balaban J connectivity index is 2.04. The van der Waals surface area contributed by atoms with Crippen molar-refractivity contribution in [3.05, 3.63) is 40.3 Å². The van der Waals surface area contributed by atoms with Gasteiger partial charge in [-0.1, -0.05) is 0 Å². The predicted octanol–water partition coefficient (Wildman–Crippen LogP) is 3.07. The quantitative estimate of drug-likeness (QED) is 0.882. The molecule has 1 heterocycles. The van der Waals surface area contributed by atoms with Gasteiger partial charge in [-0.2, -0.15) is 0 Å². The molecule has 16 heavy (non-hydrogen) atoms. The van der Waals surface area contributed by atoms with Crippen LogP contribution < -0.4 is 10.1 Å². The summed E-state index contributed by atoms with van der Waals surface area (Å²) in [4.78, 5) is 4.23. The van der Waals surface area contributed by atoms with Crippen molar-refractivity contribution >= 4 is 17.0 Å². The molecule has 4 heteroatoms. The second-order valence-electron chi connectivity index (χ2n) is 3.51. The van der Waals surface area contributed by atoms with Crippen LogP contribution in [0.3, 0.4) is 0 Å². The van der Waals surface area contributed by atoms with E-state index in [0.717, 1.165) is 23.7 Å². The Bertz CT molecular complexity index is 454. The van der Waals surface area contributed by atoms with Gasteiger partial charge in [0.1, 0.15) is 5.75 Å². The van der Waals surface area contributed by atoms with Crippen LogP contribution in [-0.2, 0) is 6.54 Å². The van der Waals surface area contributed by atoms with Crippen LogP contribution in [0.2, 0.25) is 0 Å². The second kappa shape index (κ2) is 4.99. The lowest BCUT2D eigenvalue weighted by Gasteiger charge is -2.09. The molecule has 2 aromatic rings. The Kier molecular flexibility index (Phi) is 3.41. The van der Waals surface area contributed by atoms with E-state index >= 15 is 0 Å². The molecule has 0 bridgehead atoms. The van der Waals surface area contributed by atoms with Gasteiger partial charge < -0.3 is 10.1 Å². The van der Waals surface area contributed by atoms with Gasteiger partial charge in [0.25, 0.3) is 0 Å². The van der Waals surface area contributed by atoms with Crippen LogP contribution in [0.1, 0.15) is 11.3 Å². The minimum absolute atomic E-state index is 0.761. The van der Waals surface area contributed by atoms with Gasteiger partial charge in [-0.05, 0) is 30.7 Å². The van der Waals surface area contributed by atoms with Crippen molar-refractivity contribution in [3.63, 3.8) is 0 Å². The molecule has 1 aromatic carbocycles. The van der Waals surface area contributed by atoms with E-state index in [1.807, 2.05) is 29.1 Å². The summed E-state index contributed by atoms with van der Waals surface area (Å²) < 4.78 is 5.16. The number of thiazole rings is 1. The molecule has 0 amide bonds. The highest BCUT2D eigenvalue weighted by molar-refractivity contribution is 7.07. The highest BCUT2D eigenvalue weighted by Crippen LogP contribution is 2.21. The van der Waals surface area contributed by atoms with E-state index in [1.165, 1.54) is 5.56 Å². The van der Waals surface area contributed by atoms with Gasteiger partial charge in [0, 0.05) is 11.1 Å². The molecule has 0 atom stereocenters. The Labute approximate surface area is 99.1 Å². The maximum absolute atomic E-state index is 5.16. The molecule has 2 rings (SSSR count). The van der Waals surface area contributed by atoms with E-state index < -0.39 is 0 Å². The molecule has 0 radical (unpaired) electrons. The third-order valence-electron chi connectivity index (χ3n) is 2.38. The third-order valence-corrected chi connectivity index (χ3v) is 3.01. The fraction of sp³-hybridized carbons (Fsp3) is 0.250. The maximum atomic E-state index is 5.16. The van der Waals surface area contributed by atoms with E-state index in [2.05, 4.69) is 17.2 Å². The van der Waals surface area contributed by atoms with E-state index in [-0.39, 0.29) is 0 Å². The zero-order chi connectivity index (χ0) is 11.4. The Morgan fingerprint density at radius 1 is 1.44 bits per heavy atom. The Hall–Kier alpha value is -1.55. The first-order valence-corrected chi connectivity index (χ1v) is 5.99. The second-order valence-corrected chi connectivity index (χ2v) is 4.23. The number of benzene rings is 1. The van der Waals surface area contributed by atoms with Crippen molar-refractivity contribution < 1.29 is 4.74 Å². The van der Waals surface area contributed by atoms with Crippen molar-refractivity contribution in [3.8, 4) is 5.75 Å². The normalized spacial score (nSPS) is 10.1. The third kappa shape index (κ3) is 2.52. The summed E-state index contributed by atoms with van der Waals surface area (Å²) in [5.74, 6) is 0.886. The van der Waals surface area contributed by atoms with Gasteiger partial charge in [0.05, 0.1) is 24.9 Å². The lowest BCUT2D eigenvalue weighted by atomic mass is 10.2. The fourth-order valence-corrected chi connectivity index (χ4v) is 2.03. The predicted molar refractivity (Wildman–Crippen MR) is 67.2 cm³/mol. The van der Waals surface area contributed by atoms with Gasteiger partial charge in [-0.25, -0.2) is 4.98 Å². The molecule has 0 saturated carbocycles. The first-order chi connectivity index (χ1) is 7.79. The van der Waals surface area contributed by atoms with Crippen LogP contribution in [0.5, 0.6) is 5.75 Å². The summed E-state index contributed by atoms with van der Waals surface area (Å²) in [6.45, 7) is 2.82. The zero-order valence-corrected chi connectivity index (χ0v) is 10.2. The number of nitrogens with zero attached hydrogens (tertiary/aromatic N) is 1. The minimum Gasteiger partial charge on any atom is -0.497 e. The van der Waals surface area contributed by atoms with Crippen molar-refractivity contribution in [2.75, 3.05) is 12.4 Å². The molecule has 1 aromatic heterocycles. The van der Waals surface area contributed by atoms with Crippen molar-refractivity contribution in [1.82, 2.24) is 4.98 Å². The standard InChI is InChI=1S/C12H14N2OS/c1-9-5-11(15-2)3-4-12(9)13-6-10-7-16-8-14-10/h3-5,7-8,13H,6H2,1-2H3. The molecule has 0 aliphatic carbocycles. The Morgan fingerprint density at radius 3 is 2.94 bits per heavy atom. The van der Waals surface area contributed by atoms with Gasteiger partial charge in [0.15, 0.2) is 0 Å². The topological polar surface area (TPSA) is 34.1 Å². The van der Waals surface area contributed by atoms with Crippen LogP contribution >= 0.6 is 11.3 Å². The van der Waals surface area contributed by atoms with Gasteiger partial charge >= 0.3 is 0 Å². The molecule has 0 aliphatic rings. The molecule has 0 spiro atoms. The van der Waals surface area contributed by atoms with E-state index in [0.29, 0.717) is 0 Å². The molecule has 0 unspecified atom stereocenters. The summed E-state index contributed by atoms with van der Waals surface area (Å²) in [5.41, 5.74) is 5.21. The van der Waals surface area contributed by atoms with Crippen LogP contribution in [0.25, 0.3) is 0 Å². The summed E-state index contributed by atoms with van der Waals surface area (Å²) in [6.07, 6.45) is 0. The number of ether oxygens (including phenoxy) is 1. The number of anilines is 1. The molecular weight excluding hydrogens is 220 g/mol. The summed E-state index contributed by atoms with van der Waals surface area (Å²) in [7, 11) is 1.68. The number of methoxy groups -OCH3 is 1. The highest BCUT2D eigenvalue weighted by atomic mass is 32.1. The summed E-state index contributed by atoms with van der Waals surface area (Å²) in [5, 5.41) is 5.40. The molecule has 84 valence electrons. The monoisotopic (exact) mass is 234 g/mol. The van der Waals surface area contributed by atoms with Crippen molar-refractivity contribution in [2.24, 2.45) is 0 Å². The van der Waals surface area contributed by atoms with Gasteiger partial charge in [-0.15, -0.1) is 11.3 Å². The molecule has 1 N–H and O–H groups in total. The molecule has 0 saturated heterocycles. The van der Waals surface area contributed by atoms with E-state index in [1.54, 1.807) is 18.4 Å². The highest BCUT2D eigenvalue weighted by Gasteiger charge is 2.00. The first-order valence-electron chi connectivity index (χ1n) is 5.05. The van der Waals surface area contributed by atoms with Crippen LogP contribution in [0.4, 0.5) is 5.69 Å². The van der Waals surface area contributed by atoms with E-state index in [9.17, 15) is 0 Å². The van der Waals surface area contributed by atoms with Gasteiger partial charge in [0.2, 0.25) is 0 Å². The number of hydrogen-bond acceptors (Lipinski definition) is 4. The Morgan fingerprint density at radius 2 is 2.31 bits per heavy atom. The van der Waals surface area contributed by atoms with Crippen molar-refractivity contribution in [2.45, 2.75) is 13.5 Å². The SMILES string of the molecule is COc1ccc(NCc2cscn2)c(C)c1. The average molecular weight is 234 g/mol. The smallest absolute Gasteiger partial charge is 0.119 e. The lowest BCUT2D eigenvalue weighted by molar-refractivity contribution is 0.414. The summed E-state index contributed by atoms with van der Waals surface area (Å²) >= 11 is 1.61. The maximum Gasteiger partial charge on any atom is 0.119 e.